The van der Waals surface area contributed by atoms with Gasteiger partial charge in [0.05, 0.1) is 0 Å². The largest absolute Gasteiger partial charge is 0.388 e. The average molecular weight is 331 g/mol. The molecular weight excluding hydrogens is 310 g/mol. The molecule has 0 fully saturated rings. The Morgan fingerprint density at radius 1 is 1.43 bits per heavy atom. The highest BCUT2D eigenvalue weighted by Gasteiger charge is 2.19. The van der Waals surface area contributed by atoms with Crippen molar-refractivity contribution in [2.75, 3.05) is 19.8 Å². The maximum atomic E-state index is 12.2. The number of ether oxygens (including phenoxy) is 1. The number of hydrogen-bond donors (Lipinski definition) is 2. The van der Waals surface area contributed by atoms with Gasteiger partial charge in [0.1, 0.15) is 15.6 Å². The molecule has 0 saturated carbocycles. The fourth-order valence-corrected chi connectivity index (χ4v) is 3.07. The third kappa shape index (κ3) is 6.04. The molecule has 0 amide bonds. The second-order valence-electron chi connectivity index (χ2n) is 4.43. The SMILES string of the molecule is CCCCOCCCNS(=O)(=O)c1cccnc1C(N)=S. The summed E-state index contributed by atoms with van der Waals surface area (Å²) >= 11 is 4.82. The first kappa shape index (κ1) is 18.0. The summed E-state index contributed by atoms with van der Waals surface area (Å²) in [4.78, 5) is 3.87. The number of nitrogens with one attached hydrogen (secondary N) is 1. The highest BCUT2D eigenvalue weighted by molar-refractivity contribution is 7.89. The molecule has 0 unspecified atom stereocenters. The number of nitrogens with two attached hydrogens (primary N) is 1. The van der Waals surface area contributed by atoms with Gasteiger partial charge < -0.3 is 10.5 Å². The molecule has 0 aliphatic carbocycles. The topological polar surface area (TPSA) is 94.3 Å². The highest BCUT2D eigenvalue weighted by Crippen LogP contribution is 2.12. The van der Waals surface area contributed by atoms with Crippen molar-refractivity contribution in [3.63, 3.8) is 0 Å². The number of thiocarbonyl (C=S) groups is 1. The lowest BCUT2D eigenvalue weighted by molar-refractivity contribution is 0.130. The van der Waals surface area contributed by atoms with Crippen molar-refractivity contribution in [1.29, 1.82) is 0 Å². The Labute approximate surface area is 131 Å². The smallest absolute Gasteiger partial charge is 0.242 e. The van der Waals surface area contributed by atoms with E-state index in [4.69, 9.17) is 22.7 Å². The van der Waals surface area contributed by atoms with E-state index in [0.717, 1.165) is 12.8 Å². The Morgan fingerprint density at radius 2 is 2.14 bits per heavy atom. The number of pyridine rings is 1. The van der Waals surface area contributed by atoms with Crippen LogP contribution in [0.5, 0.6) is 0 Å². The lowest BCUT2D eigenvalue weighted by atomic mass is 10.3. The standard InChI is InChI=1S/C13H21N3O3S2/c1-2-3-9-19-10-5-8-16-21(17,18)11-6-4-7-15-12(11)13(14)20/h4,6-7,16H,2-3,5,8-10H2,1H3,(H2,14,20). The van der Waals surface area contributed by atoms with Gasteiger partial charge in [-0.3, -0.25) is 4.98 Å². The van der Waals surface area contributed by atoms with Crippen molar-refractivity contribution in [1.82, 2.24) is 9.71 Å². The first-order chi connectivity index (χ1) is 9.99. The molecule has 0 aromatic carbocycles. The molecule has 21 heavy (non-hydrogen) atoms. The fraction of sp³-hybridized carbons (Fsp3) is 0.538. The van der Waals surface area contributed by atoms with Crippen LogP contribution in [-0.2, 0) is 14.8 Å². The van der Waals surface area contributed by atoms with Crippen molar-refractivity contribution in [2.24, 2.45) is 5.73 Å². The molecular formula is C13H21N3O3S2. The van der Waals surface area contributed by atoms with Gasteiger partial charge in [-0.05, 0) is 25.0 Å². The van der Waals surface area contributed by atoms with E-state index in [0.29, 0.717) is 26.2 Å². The van der Waals surface area contributed by atoms with E-state index in [1.807, 2.05) is 0 Å². The summed E-state index contributed by atoms with van der Waals surface area (Å²) < 4.78 is 32.2. The molecule has 1 rings (SSSR count). The number of rotatable bonds is 10. The molecule has 0 aliphatic heterocycles. The molecule has 1 heterocycles. The van der Waals surface area contributed by atoms with Crippen LogP contribution in [0, 0.1) is 0 Å². The Balaban J connectivity index is 2.53. The van der Waals surface area contributed by atoms with Gasteiger partial charge in [-0.1, -0.05) is 25.6 Å². The molecule has 1 aromatic heterocycles. The molecule has 0 radical (unpaired) electrons. The summed E-state index contributed by atoms with van der Waals surface area (Å²) in [5, 5.41) is 0. The quantitative estimate of drug-likeness (QED) is 0.494. The van der Waals surface area contributed by atoms with E-state index in [9.17, 15) is 8.42 Å². The molecule has 0 atom stereocenters. The van der Waals surface area contributed by atoms with Gasteiger partial charge in [0.2, 0.25) is 10.0 Å². The van der Waals surface area contributed by atoms with Gasteiger partial charge in [0, 0.05) is 26.0 Å². The first-order valence-electron chi connectivity index (χ1n) is 6.81. The van der Waals surface area contributed by atoms with E-state index < -0.39 is 10.0 Å². The van der Waals surface area contributed by atoms with Crippen molar-refractivity contribution in [2.45, 2.75) is 31.1 Å². The maximum Gasteiger partial charge on any atom is 0.242 e. The molecule has 6 nitrogen and oxygen atoms in total. The van der Waals surface area contributed by atoms with E-state index in [1.165, 1.54) is 18.3 Å². The van der Waals surface area contributed by atoms with Crippen LogP contribution in [0.3, 0.4) is 0 Å². The number of unbranched alkanes of at least 4 members (excludes halogenated alkanes) is 1. The number of nitrogens with zero attached hydrogens (tertiary/aromatic N) is 1. The van der Waals surface area contributed by atoms with Gasteiger partial charge in [-0.15, -0.1) is 0 Å². The minimum Gasteiger partial charge on any atom is -0.388 e. The number of sulfonamides is 1. The van der Waals surface area contributed by atoms with E-state index >= 15 is 0 Å². The molecule has 8 heteroatoms. The van der Waals surface area contributed by atoms with Crippen LogP contribution in [0.2, 0.25) is 0 Å². The predicted molar refractivity (Wildman–Crippen MR) is 85.7 cm³/mol. The monoisotopic (exact) mass is 331 g/mol. The summed E-state index contributed by atoms with van der Waals surface area (Å²) in [6, 6.07) is 2.96. The summed E-state index contributed by atoms with van der Waals surface area (Å²) in [7, 11) is -3.67. The number of hydrogen-bond acceptors (Lipinski definition) is 5. The Hall–Kier alpha value is -1.09. The second-order valence-corrected chi connectivity index (χ2v) is 6.61. The van der Waals surface area contributed by atoms with Crippen LogP contribution in [0.4, 0.5) is 0 Å². The first-order valence-corrected chi connectivity index (χ1v) is 8.70. The maximum absolute atomic E-state index is 12.2. The van der Waals surface area contributed by atoms with Crippen molar-refractivity contribution < 1.29 is 13.2 Å². The molecule has 3 N–H and O–H groups in total. The lowest BCUT2D eigenvalue weighted by Gasteiger charge is -2.10. The summed E-state index contributed by atoms with van der Waals surface area (Å²) in [5.74, 6) is 0. The van der Waals surface area contributed by atoms with Gasteiger partial charge in [0.25, 0.3) is 0 Å². The van der Waals surface area contributed by atoms with Gasteiger partial charge >= 0.3 is 0 Å². The molecule has 0 saturated heterocycles. The van der Waals surface area contributed by atoms with Gasteiger partial charge in [0.15, 0.2) is 0 Å². The molecule has 0 aliphatic rings. The molecule has 118 valence electrons. The van der Waals surface area contributed by atoms with Crippen LogP contribution in [-0.4, -0.2) is 38.1 Å². The van der Waals surface area contributed by atoms with Crippen molar-refractivity contribution >= 4 is 27.2 Å². The summed E-state index contributed by atoms with van der Waals surface area (Å²) in [5.41, 5.74) is 5.60. The normalized spacial score (nSPS) is 11.5. The third-order valence-electron chi connectivity index (χ3n) is 2.69. The Morgan fingerprint density at radius 3 is 2.81 bits per heavy atom. The summed E-state index contributed by atoms with van der Waals surface area (Å²) in [6.07, 6.45) is 4.15. The molecule has 0 bridgehead atoms. The summed E-state index contributed by atoms with van der Waals surface area (Å²) in [6.45, 7) is 3.61. The van der Waals surface area contributed by atoms with Crippen LogP contribution < -0.4 is 10.5 Å². The van der Waals surface area contributed by atoms with E-state index in [2.05, 4.69) is 16.6 Å². The second kappa shape index (κ2) is 9.04. The minimum atomic E-state index is -3.67. The Bertz CT molecular complexity index is 562. The van der Waals surface area contributed by atoms with Crippen LogP contribution in [0.25, 0.3) is 0 Å². The van der Waals surface area contributed by atoms with Crippen LogP contribution in [0.1, 0.15) is 31.9 Å². The fourth-order valence-electron chi connectivity index (χ4n) is 1.60. The minimum absolute atomic E-state index is 0.00408. The third-order valence-corrected chi connectivity index (χ3v) is 4.38. The van der Waals surface area contributed by atoms with Crippen LogP contribution >= 0.6 is 12.2 Å². The zero-order valence-corrected chi connectivity index (χ0v) is 13.7. The zero-order valence-electron chi connectivity index (χ0n) is 12.0. The molecule has 1 aromatic rings. The van der Waals surface area contributed by atoms with Crippen molar-refractivity contribution in [3.8, 4) is 0 Å². The van der Waals surface area contributed by atoms with Gasteiger partial charge in [-0.2, -0.15) is 0 Å². The lowest BCUT2D eigenvalue weighted by Crippen LogP contribution is -2.28. The van der Waals surface area contributed by atoms with Crippen molar-refractivity contribution in [3.05, 3.63) is 24.0 Å². The van der Waals surface area contributed by atoms with Crippen LogP contribution in [0.15, 0.2) is 23.2 Å². The predicted octanol–water partition coefficient (Wildman–Crippen LogP) is 1.20. The average Bonchev–Trinajstić information content (AvgIpc) is 2.46. The number of aromatic nitrogens is 1. The zero-order chi connectivity index (χ0) is 15.7. The van der Waals surface area contributed by atoms with Gasteiger partial charge in [-0.25, -0.2) is 13.1 Å². The molecule has 0 spiro atoms. The Kier molecular flexibility index (Phi) is 7.73. The van der Waals surface area contributed by atoms with E-state index in [-0.39, 0.29) is 15.6 Å². The highest BCUT2D eigenvalue weighted by atomic mass is 32.2. The van der Waals surface area contributed by atoms with E-state index in [1.54, 1.807) is 0 Å².